The van der Waals surface area contributed by atoms with Crippen LogP contribution in [0.1, 0.15) is 10.6 Å². The SMILES string of the molecule is COc1cc(-c2oc3cc(=[OH+])cc4oc(C(=O)O)cc(c2O[C@@H]2O[C@H](CO)[C@@H](O)[C@H](O)[C@H]2O)c43)cc(O)c1O. The van der Waals surface area contributed by atoms with Gasteiger partial charge in [0, 0.05) is 17.0 Å². The summed E-state index contributed by atoms with van der Waals surface area (Å²) < 4.78 is 27.9. The summed E-state index contributed by atoms with van der Waals surface area (Å²) in [5, 5.41) is 70.8. The first kappa shape index (κ1) is 26.3. The topological polar surface area (TPSA) is 234 Å². The number of aromatic carboxylic acids is 1. The Bertz CT molecular complexity index is 1630. The van der Waals surface area contributed by atoms with Gasteiger partial charge in [-0.1, -0.05) is 0 Å². The van der Waals surface area contributed by atoms with Gasteiger partial charge < -0.3 is 58.8 Å². The number of ether oxygens (including phenoxy) is 3. The highest BCUT2D eigenvalue weighted by atomic mass is 16.7. The molecule has 3 heterocycles. The zero-order valence-electron chi connectivity index (χ0n) is 20.0. The van der Waals surface area contributed by atoms with Gasteiger partial charge in [-0.25, -0.2) is 4.79 Å². The average Bonchev–Trinajstić information content (AvgIpc) is 2.90. The number of carbonyl (C=O) groups is 1. The molecule has 14 nitrogen and oxygen atoms in total. The lowest BCUT2D eigenvalue weighted by Crippen LogP contribution is -2.60. The molecule has 1 saturated heterocycles. The molecule has 1 aliphatic rings. The lowest BCUT2D eigenvalue weighted by atomic mass is 9.99. The number of methoxy groups -OCH3 is 1. The second-order valence-electron chi connectivity index (χ2n) is 8.77. The van der Waals surface area contributed by atoms with Crippen LogP contribution in [-0.2, 0) is 4.74 Å². The van der Waals surface area contributed by atoms with E-state index in [9.17, 15) is 45.3 Å². The van der Waals surface area contributed by atoms with Crippen LogP contribution in [0.4, 0.5) is 0 Å². The summed E-state index contributed by atoms with van der Waals surface area (Å²) in [6, 6.07) is 5.79. The smallest absolute Gasteiger partial charge is 0.371 e. The van der Waals surface area contributed by atoms with Gasteiger partial charge in [0.1, 0.15) is 35.6 Å². The lowest BCUT2D eigenvalue weighted by molar-refractivity contribution is -0.277. The Kier molecular flexibility index (Phi) is 6.57. The van der Waals surface area contributed by atoms with E-state index >= 15 is 0 Å². The van der Waals surface area contributed by atoms with Crippen molar-refractivity contribution in [1.82, 2.24) is 0 Å². The Hall–Kier alpha value is -4.34. The molecular formula is C25H23O14+. The largest absolute Gasteiger partial charge is 0.504 e. The van der Waals surface area contributed by atoms with Gasteiger partial charge in [0.25, 0.3) is 0 Å². The number of carboxylic acids is 1. The summed E-state index contributed by atoms with van der Waals surface area (Å²) in [6.07, 6.45) is -8.37. The Morgan fingerprint density at radius 2 is 1.69 bits per heavy atom. The van der Waals surface area contributed by atoms with Crippen molar-refractivity contribution in [3.05, 3.63) is 41.5 Å². The third-order valence-corrected chi connectivity index (χ3v) is 6.31. The summed E-state index contributed by atoms with van der Waals surface area (Å²) in [5.41, 5.74) is -0.427. The molecule has 2 aromatic carbocycles. The Morgan fingerprint density at radius 1 is 1.00 bits per heavy atom. The Balaban J connectivity index is 1.83. The summed E-state index contributed by atoms with van der Waals surface area (Å²) in [6.45, 7) is -0.740. The molecule has 0 aliphatic carbocycles. The first-order valence-electron chi connectivity index (χ1n) is 11.4. The molecule has 0 bridgehead atoms. The van der Waals surface area contributed by atoms with Crippen LogP contribution >= 0.6 is 0 Å². The van der Waals surface area contributed by atoms with E-state index in [1.807, 2.05) is 0 Å². The molecule has 5 atom stereocenters. The number of phenols is 2. The normalized spacial score (nSPS) is 23.3. The van der Waals surface area contributed by atoms with Gasteiger partial charge >= 0.3 is 11.4 Å². The van der Waals surface area contributed by atoms with Gasteiger partial charge in [-0.05, 0) is 12.1 Å². The van der Waals surface area contributed by atoms with Crippen LogP contribution in [0.15, 0.2) is 39.2 Å². The molecule has 4 aromatic rings. The summed E-state index contributed by atoms with van der Waals surface area (Å²) in [7, 11) is 1.23. The first-order chi connectivity index (χ1) is 18.5. The number of rotatable bonds is 6. The van der Waals surface area contributed by atoms with Gasteiger partial charge in [-0.15, -0.1) is 0 Å². The van der Waals surface area contributed by atoms with E-state index < -0.39 is 60.5 Å². The number of aliphatic hydroxyl groups is 4. The maximum absolute atomic E-state index is 11.9. The molecule has 1 fully saturated rings. The standard InChI is InChI=1S/C25H22O14/c1-35-14-3-8(2-11(28)18(14)29)22-23(39-25-21(32)20(31)19(30)16(7-26)38-25)10-6-15(24(33)34)36-12-4-9(27)5-13(37-22)17(10)12/h2-6,16,19-21,25-26,28-32H,7H2,1H3,(H,33,34)/p+1/t16-,19-,20+,21-,25+/m1/s1. The van der Waals surface area contributed by atoms with Crippen LogP contribution < -0.4 is 14.9 Å². The summed E-state index contributed by atoms with van der Waals surface area (Å²) in [4.78, 5) is 22.1. The van der Waals surface area contributed by atoms with Crippen LogP contribution in [0.25, 0.3) is 33.3 Å². The summed E-state index contributed by atoms with van der Waals surface area (Å²) >= 11 is 0. The van der Waals surface area contributed by atoms with Crippen LogP contribution in [0.5, 0.6) is 23.0 Å². The molecule has 0 saturated carbocycles. The summed E-state index contributed by atoms with van der Waals surface area (Å²) in [5.74, 6) is -3.92. The molecule has 0 radical (unpaired) electrons. The first-order valence-corrected chi connectivity index (χ1v) is 11.4. The maximum atomic E-state index is 11.9. The molecule has 2 aromatic heterocycles. The molecule has 8 N–H and O–H groups in total. The molecule has 1 aliphatic heterocycles. The number of aromatic hydroxyl groups is 2. The fourth-order valence-electron chi connectivity index (χ4n) is 4.38. The fourth-order valence-corrected chi connectivity index (χ4v) is 4.38. The number of benzene rings is 2. The number of hydrogen-bond donors (Lipinski definition) is 7. The monoisotopic (exact) mass is 547 g/mol. The molecule has 5 rings (SSSR count). The third-order valence-electron chi connectivity index (χ3n) is 6.31. The molecule has 206 valence electrons. The quantitative estimate of drug-likeness (QED) is 0.126. The van der Waals surface area contributed by atoms with Crippen molar-refractivity contribution >= 4 is 27.9 Å². The van der Waals surface area contributed by atoms with E-state index in [0.29, 0.717) is 0 Å². The Morgan fingerprint density at radius 3 is 2.33 bits per heavy atom. The van der Waals surface area contributed by atoms with E-state index in [-0.39, 0.29) is 50.2 Å². The van der Waals surface area contributed by atoms with E-state index in [0.717, 1.165) is 18.2 Å². The third kappa shape index (κ3) is 4.39. The van der Waals surface area contributed by atoms with Crippen molar-refractivity contribution in [2.45, 2.75) is 30.7 Å². The molecular weight excluding hydrogens is 524 g/mol. The van der Waals surface area contributed by atoms with Crippen molar-refractivity contribution in [1.29, 1.82) is 0 Å². The number of aliphatic hydroxyl groups excluding tert-OH is 4. The lowest BCUT2D eigenvalue weighted by Gasteiger charge is -2.39. The second kappa shape index (κ2) is 9.76. The molecule has 0 spiro atoms. The Labute approximate surface area is 217 Å². The van der Waals surface area contributed by atoms with Crippen LogP contribution in [0, 0.1) is 0 Å². The second-order valence-corrected chi connectivity index (χ2v) is 8.77. The maximum Gasteiger partial charge on any atom is 0.371 e. The van der Waals surface area contributed by atoms with E-state index in [2.05, 4.69) is 0 Å². The fraction of sp³-hybridized carbons (Fsp3) is 0.280. The van der Waals surface area contributed by atoms with Crippen LogP contribution in [0.2, 0.25) is 0 Å². The van der Waals surface area contributed by atoms with Crippen molar-refractivity contribution < 1.29 is 68.4 Å². The highest BCUT2D eigenvalue weighted by Crippen LogP contribution is 2.47. The molecule has 39 heavy (non-hydrogen) atoms. The molecule has 0 amide bonds. The highest BCUT2D eigenvalue weighted by Gasteiger charge is 2.45. The van der Waals surface area contributed by atoms with E-state index in [4.69, 9.17) is 23.0 Å². The van der Waals surface area contributed by atoms with Gasteiger partial charge in [0.05, 0.1) is 31.2 Å². The van der Waals surface area contributed by atoms with Crippen LogP contribution in [0.3, 0.4) is 0 Å². The van der Waals surface area contributed by atoms with Gasteiger partial charge in [-0.3, -0.25) is 4.79 Å². The highest BCUT2D eigenvalue weighted by molar-refractivity contribution is 6.11. The molecule has 0 unspecified atom stereocenters. The zero-order chi connectivity index (χ0) is 28.2. The van der Waals surface area contributed by atoms with E-state index in [1.165, 1.54) is 19.2 Å². The predicted octanol–water partition coefficient (Wildman–Crippen LogP) is 0.147. The zero-order valence-corrected chi connectivity index (χ0v) is 20.0. The van der Waals surface area contributed by atoms with Crippen molar-refractivity contribution in [2.75, 3.05) is 13.7 Å². The van der Waals surface area contributed by atoms with Gasteiger partial charge in [-0.2, -0.15) is 0 Å². The van der Waals surface area contributed by atoms with Gasteiger partial charge in [0.15, 0.2) is 23.0 Å². The minimum Gasteiger partial charge on any atom is -0.504 e. The minimum atomic E-state index is -1.84. The van der Waals surface area contributed by atoms with Crippen molar-refractivity contribution in [2.24, 2.45) is 0 Å². The van der Waals surface area contributed by atoms with Crippen molar-refractivity contribution in [3.63, 3.8) is 0 Å². The number of carboxylic acid groups (broad SMARTS) is 1. The van der Waals surface area contributed by atoms with Gasteiger partial charge in [0.2, 0.25) is 17.8 Å². The predicted molar refractivity (Wildman–Crippen MR) is 128 cm³/mol. The average molecular weight is 547 g/mol. The molecule has 14 heteroatoms. The number of phenolic OH excluding ortho intramolecular Hbond substituents is 2. The van der Waals surface area contributed by atoms with E-state index in [1.54, 1.807) is 0 Å². The van der Waals surface area contributed by atoms with Crippen molar-refractivity contribution in [3.8, 4) is 34.3 Å². The minimum absolute atomic E-state index is 0.0108. The number of hydrogen-bond acceptors (Lipinski definition) is 12. The van der Waals surface area contributed by atoms with Crippen LogP contribution in [-0.4, -0.2) is 90.9 Å².